The van der Waals surface area contributed by atoms with E-state index in [1.54, 1.807) is 12.1 Å². The molecule has 2 N–H and O–H groups in total. The Morgan fingerprint density at radius 3 is 2.44 bits per heavy atom. The van der Waals surface area contributed by atoms with Crippen LogP contribution >= 0.6 is 0 Å². The molecule has 0 saturated carbocycles. The van der Waals surface area contributed by atoms with Crippen LogP contribution in [0.1, 0.15) is 12.5 Å². The second-order valence-electron chi connectivity index (χ2n) is 5.82. The first kappa shape index (κ1) is 18.6. The maximum absolute atomic E-state index is 12.4. The summed E-state index contributed by atoms with van der Waals surface area (Å²) in [5, 5.41) is 12.7. The van der Waals surface area contributed by atoms with E-state index in [0.29, 0.717) is 0 Å². The van der Waals surface area contributed by atoms with Crippen molar-refractivity contribution in [3.05, 3.63) is 59.6 Å². The summed E-state index contributed by atoms with van der Waals surface area (Å²) in [5.41, 5.74) is -0.980. The van der Waals surface area contributed by atoms with Crippen LogP contribution in [0.25, 0.3) is 4.85 Å². The smallest absolute Gasteiger partial charge is 0.269 e. The number of sulfone groups is 1. The Balaban J connectivity index is 2.14. The molecule has 1 aromatic heterocycles. The summed E-state index contributed by atoms with van der Waals surface area (Å²) in [4.78, 5) is 19.2. The molecule has 1 atom stereocenters. The van der Waals surface area contributed by atoms with E-state index < -0.39 is 27.1 Å². The van der Waals surface area contributed by atoms with E-state index in [0.717, 1.165) is 12.5 Å². The lowest BCUT2D eigenvalue weighted by molar-refractivity contribution is -0.130. The van der Waals surface area contributed by atoms with E-state index in [1.165, 1.54) is 30.5 Å². The fourth-order valence-electron chi connectivity index (χ4n) is 2.06. The van der Waals surface area contributed by atoms with Gasteiger partial charge in [-0.2, -0.15) is 0 Å². The number of benzene rings is 1. The number of nitrogens with zero attached hydrogens (tertiary/aromatic N) is 2. The fraction of sp³-hybridized carbons (Fsp3) is 0.235. The SMILES string of the molecule is [C-]#[N+]c1ccc(NC(=O)[C@@](C)(O)CS(=O)(=O)c2ccc(C)cc2)cn1. The zero-order valence-electron chi connectivity index (χ0n) is 13.7. The fourth-order valence-corrected chi connectivity index (χ4v) is 3.64. The third-order valence-corrected chi connectivity index (χ3v) is 5.39. The van der Waals surface area contributed by atoms with Gasteiger partial charge in [-0.1, -0.05) is 24.3 Å². The maximum Gasteiger partial charge on any atom is 0.269 e. The highest BCUT2D eigenvalue weighted by Gasteiger charge is 2.36. The van der Waals surface area contributed by atoms with Crippen molar-refractivity contribution in [3.8, 4) is 0 Å². The Kier molecular flexibility index (Phi) is 5.21. The normalized spacial score (nSPS) is 13.5. The van der Waals surface area contributed by atoms with Gasteiger partial charge in [0.25, 0.3) is 11.7 Å². The highest BCUT2D eigenvalue weighted by atomic mass is 32.2. The molecule has 2 aromatic rings. The first-order valence-corrected chi connectivity index (χ1v) is 8.96. The highest BCUT2D eigenvalue weighted by Crippen LogP contribution is 2.20. The van der Waals surface area contributed by atoms with Crippen LogP contribution in [0.4, 0.5) is 11.5 Å². The molecule has 0 spiro atoms. The Morgan fingerprint density at radius 2 is 1.92 bits per heavy atom. The average Bonchev–Trinajstić information content (AvgIpc) is 2.55. The van der Waals surface area contributed by atoms with Crippen molar-refractivity contribution in [3.63, 3.8) is 0 Å². The standard InChI is InChI=1S/C17H17N3O4S/c1-12-4-7-14(8-5-12)25(23,24)11-17(2,22)16(21)20-13-6-9-15(18-3)19-10-13/h4-10,22H,11H2,1-2H3,(H,20,21)/t17-/m0/s1. The number of rotatable bonds is 5. The van der Waals surface area contributed by atoms with Gasteiger partial charge >= 0.3 is 0 Å². The van der Waals surface area contributed by atoms with Crippen LogP contribution in [0.15, 0.2) is 47.5 Å². The summed E-state index contributed by atoms with van der Waals surface area (Å²) in [6, 6.07) is 9.01. The number of aromatic nitrogens is 1. The lowest BCUT2D eigenvalue weighted by Gasteiger charge is -2.22. The Hall–Kier alpha value is -2.76. The van der Waals surface area contributed by atoms with Crippen molar-refractivity contribution < 1.29 is 18.3 Å². The number of pyridine rings is 1. The van der Waals surface area contributed by atoms with E-state index in [1.807, 2.05) is 6.92 Å². The van der Waals surface area contributed by atoms with Gasteiger partial charge in [-0.15, -0.1) is 4.98 Å². The minimum Gasteiger partial charge on any atom is -0.379 e. The Morgan fingerprint density at radius 1 is 1.28 bits per heavy atom. The number of carbonyl (C=O) groups excluding carboxylic acids is 1. The summed E-state index contributed by atoms with van der Waals surface area (Å²) in [6.45, 7) is 9.78. The molecular weight excluding hydrogens is 342 g/mol. The van der Waals surface area contributed by atoms with Gasteiger partial charge in [-0.05, 0) is 38.1 Å². The number of hydrogen-bond donors (Lipinski definition) is 2. The van der Waals surface area contributed by atoms with Crippen LogP contribution in [0.3, 0.4) is 0 Å². The van der Waals surface area contributed by atoms with Crippen LogP contribution in [0.2, 0.25) is 0 Å². The number of amides is 1. The van der Waals surface area contributed by atoms with Gasteiger partial charge in [0.2, 0.25) is 0 Å². The molecular formula is C17H17N3O4S. The lowest BCUT2D eigenvalue weighted by Crippen LogP contribution is -2.45. The lowest BCUT2D eigenvalue weighted by atomic mass is 10.1. The average molecular weight is 359 g/mol. The van der Waals surface area contributed by atoms with Gasteiger partial charge in [-0.25, -0.2) is 8.42 Å². The minimum atomic E-state index is -3.85. The minimum absolute atomic E-state index is 0.0363. The predicted octanol–water partition coefficient (Wildman–Crippen LogP) is 2.10. The molecule has 2 rings (SSSR count). The number of aliphatic hydroxyl groups is 1. The maximum atomic E-state index is 12.4. The van der Waals surface area contributed by atoms with E-state index in [-0.39, 0.29) is 16.4 Å². The number of aryl methyl sites for hydroxylation is 1. The molecule has 1 amide bonds. The molecule has 0 bridgehead atoms. The van der Waals surface area contributed by atoms with Crippen molar-refractivity contribution in [1.29, 1.82) is 0 Å². The number of hydrogen-bond acceptors (Lipinski definition) is 5. The van der Waals surface area contributed by atoms with Crippen molar-refractivity contribution in [1.82, 2.24) is 4.98 Å². The Bertz CT molecular complexity index is 912. The third-order valence-electron chi connectivity index (χ3n) is 3.46. The van der Waals surface area contributed by atoms with Gasteiger partial charge in [-0.3, -0.25) is 4.79 Å². The molecule has 0 aliphatic heterocycles. The molecule has 0 saturated heterocycles. The molecule has 7 nitrogen and oxygen atoms in total. The third kappa shape index (κ3) is 4.62. The van der Waals surface area contributed by atoms with Gasteiger partial charge < -0.3 is 15.3 Å². The van der Waals surface area contributed by atoms with Crippen LogP contribution in [-0.2, 0) is 14.6 Å². The van der Waals surface area contributed by atoms with E-state index in [9.17, 15) is 18.3 Å². The van der Waals surface area contributed by atoms with Crippen molar-refractivity contribution in [2.75, 3.05) is 11.1 Å². The van der Waals surface area contributed by atoms with E-state index >= 15 is 0 Å². The predicted molar refractivity (Wildman–Crippen MR) is 93.0 cm³/mol. The molecule has 8 heteroatoms. The summed E-state index contributed by atoms with van der Waals surface area (Å²) in [7, 11) is -3.85. The largest absolute Gasteiger partial charge is 0.379 e. The second kappa shape index (κ2) is 7.01. The quantitative estimate of drug-likeness (QED) is 0.796. The van der Waals surface area contributed by atoms with Crippen LogP contribution in [-0.4, -0.2) is 35.8 Å². The van der Waals surface area contributed by atoms with Gasteiger partial charge in [0.1, 0.15) is 6.20 Å². The van der Waals surface area contributed by atoms with Gasteiger partial charge in [0.15, 0.2) is 15.4 Å². The number of nitrogens with one attached hydrogen (secondary N) is 1. The molecule has 0 aliphatic carbocycles. The zero-order valence-corrected chi connectivity index (χ0v) is 14.5. The highest BCUT2D eigenvalue weighted by molar-refractivity contribution is 7.91. The summed E-state index contributed by atoms with van der Waals surface area (Å²) < 4.78 is 24.8. The summed E-state index contributed by atoms with van der Waals surface area (Å²) in [6.07, 6.45) is 1.26. The first-order chi connectivity index (χ1) is 11.6. The molecule has 0 unspecified atom stereocenters. The van der Waals surface area contributed by atoms with Gasteiger partial charge in [0, 0.05) is 0 Å². The molecule has 0 aliphatic rings. The molecule has 25 heavy (non-hydrogen) atoms. The monoisotopic (exact) mass is 359 g/mol. The summed E-state index contributed by atoms with van der Waals surface area (Å²) in [5.74, 6) is -1.48. The number of anilines is 1. The number of carbonyl (C=O) groups is 1. The van der Waals surface area contributed by atoms with Crippen molar-refractivity contribution >= 4 is 27.2 Å². The Labute approximate surface area is 146 Å². The second-order valence-corrected chi connectivity index (χ2v) is 7.81. The van der Waals surface area contributed by atoms with Crippen LogP contribution in [0.5, 0.6) is 0 Å². The summed E-state index contributed by atoms with van der Waals surface area (Å²) >= 11 is 0. The molecule has 130 valence electrons. The molecule has 1 heterocycles. The van der Waals surface area contributed by atoms with Crippen molar-refractivity contribution in [2.45, 2.75) is 24.3 Å². The topological polar surface area (TPSA) is 101 Å². The van der Waals surface area contributed by atoms with E-state index in [2.05, 4.69) is 15.1 Å². The molecule has 1 aromatic carbocycles. The van der Waals surface area contributed by atoms with E-state index in [4.69, 9.17) is 6.57 Å². The molecule has 0 radical (unpaired) electrons. The van der Waals surface area contributed by atoms with Gasteiger partial charge in [0.05, 0.1) is 16.3 Å². The van der Waals surface area contributed by atoms with Crippen LogP contribution in [0, 0.1) is 13.5 Å². The first-order valence-electron chi connectivity index (χ1n) is 7.31. The van der Waals surface area contributed by atoms with Crippen LogP contribution < -0.4 is 5.32 Å². The zero-order chi connectivity index (χ0) is 18.7. The van der Waals surface area contributed by atoms with Crippen molar-refractivity contribution in [2.24, 2.45) is 0 Å². The molecule has 0 fully saturated rings.